The molecule has 1 aliphatic heterocycles. The first-order chi connectivity index (χ1) is 18.4. The standard InChI is InChI=1S/C29H29N7OS.H2S/c1-19-5-4-6-28(31-19)36-26(20-7-12-24-27(15-20)38-18-30-24)16-25(33-36)29(37)32-21-8-10-22(11-9-21)35-14-13-23(17-35)34(2)3;/h4-12,15-16,18,23H,13-14,17H2,1-3H3,(H,32,37);1H2/t23-;/m0./s1. The van der Waals surface area contributed by atoms with E-state index in [0.29, 0.717) is 17.6 Å². The smallest absolute Gasteiger partial charge is 0.276 e. The zero-order chi connectivity index (χ0) is 26.2. The maximum absolute atomic E-state index is 13.3. The first-order valence-electron chi connectivity index (χ1n) is 12.6. The number of thiazole rings is 1. The lowest BCUT2D eigenvalue weighted by molar-refractivity contribution is 0.102. The second kappa shape index (κ2) is 11.2. The fraction of sp³-hybridized carbons (Fsp3) is 0.241. The number of fused-ring (bicyclic) bond motifs is 1. The Labute approximate surface area is 238 Å². The van der Waals surface area contributed by atoms with Gasteiger partial charge in [0.05, 0.1) is 21.4 Å². The molecule has 200 valence electrons. The maximum Gasteiger partial charge on any atom is 0.276 e. The average molecular weight is 558 g/mol. The lowest BCUT2D eigenvalue weighted by Crippen LogP contribution is -2.31. The first kappa shape index (κ1) is 26.9. The number of likely N-dealkylation sites (N-methyl/N-ethyl adjacent to an activating group) is 1. The SMILES string of the molecule is Cc1cccc(-n2nc(C(=O)Nc3ccc(N4CC[C@H](N(C)C)C4)cc3)cc2-c2ccc3ncsc3c2)n1.S. The van der Waals surface area contributed by atoms with E-state index in [0.717, 1.165) is 52.4 Å². The van der Waals surface area contributed by atoms with Crippen LogP contribution >= 0.6 is 24.8 Å². The number of hydrogen-bond acceptors (Lipinski definition) is 7. The van der Waals surface area contributed by atoms with Crippen LogP contribution in [0.1, 0.15) is 22.6 Å². The summed E-state index contributed by atoms with van der Waals surface area (Å²) in [6.45, 7) is 3.99. The van der Waals surface area contributed by atoms with Gasteiger partial charge in [-0.05, 0) is 82.0 Å². The van der Waals surface area contributed by atoms with Crippen molar-refractivity contribution in [1.82, 2.24) is 24.6 Å². The first-order valence-corrected chi connectivity index (χ1v) is 13.5. The number of amides is 1. The second-order valence-corrected chi connectivity index (χ2v) is 10.7. The summed E-state index contributed by atoms with van der Waals surface area (Å²) in [6, 6.07) is 22.3. The molecule has 39 heavy (non-hydrogen) atoms. The van der Waals surface area contributed by atoms with Crippen molar-refractivity contribution in [2.24, 2.45) is 0 Å². The number of benzene rings is 2. The minimum Gasteiger partial charge on any atom is -0.370 e. The van der Waals surface area contributed by atoms with Crippen LogP contribution in [-0.2, 0) is 0 Å². The van der Waals surface area contributed by atoms with Crippen LogP contribution in [0.5, 0.6) is 0 Å². The highest BCUT2D eigenvalue weighted by molar-refractivity contribution is 7.59. The summed E-state index contributed by atoms with van der Waals surface area (Å²) in [7, 11) is 4.26. The van der Waals surface area contributed by atoms with Gasteiger partial charge in [0.2, 0.25) is 0 Å². The van der Waals surface area contributed by atoms with Gasteiger partial charge in [-0.3, -0.25) is 4.79 Å². The molecular formula is C29H31N7OS2. The summed E-state index contributed by atoms with van der Waals surface area (Å²) in [5.74, 6) is 0.396. The van der Waals surface area contributed by atoms with Crippen molar-refractivity contribution in [3.8, 4) is 17.1 Å². The molecule has 0 unspecified atom stereocenters. The molecule has 10 heteroatoms. The normalized spacial score (nSPS) is 15.1. The Balaban J connectivity index is 0.00000308. The predicted molar refractivity (Wildman–Crippen MR) is 164 cm³/mol. The van der Waals surface area contributed by atoms with Crippen LogP contribution in [0.3, 0.4) is 0 Å². The highest BCUT2D eigenvalue weighted by Crippen LogP contribution is 2.29. The Morgan fingerprint density at radius 3 is 2.64 bits per heavy atom. The summed E-state index contributed by atoms with van der Waals surface area (Å²) in [6.07, 6.45) is 1.15. The maximum atomic E-state index is 13.3. The molecule has 3 aromatic heterocycles. The van der Waals surface area contributed by atoms with E-state index < -0.39 is 0 Å². The van der Waals surface area contributed by atoms with Crippen LogP contribution in [0.4, 0.5) is 11.4 Å². The number of aromatic nitrogens is 4. The molecule has 1 aliphatic rings. The lowest BCUT2D eigenvalue weighted by atomic mass is 10.1. The number of pyridine rings is 1. The van der Waals surface area contributed by atoms with Gasteiger partial charge in [-0.25, -0.2) is 14.6 Å². The molecule has 0 aliphatic carbocycles. The number of hydrogen-bond donors (Lipinski definition) is 1. The van der Waals surface area contributed by atoms with Crippen molar-refractivity contribution >= 4 is 52.3 Å². The number of carbonyl (C=O) groups is 1. The number of rotatable bonds is 6. The van der Waals surface area contributed by atoms with Crippen molar-refractivity contribution in [2.75, 3.05) is 37.4 Å². The Morgan fingerprint density at radius 2 is 1.90 bits per heavy atom. The van der Waals surface area contributed by atoms with E-state index in [1.165, 1.54) is 5.69 Å². The number of nitrogens with zero attached hydrogens (tertiary/aromatic N) is 6. The fourth-order valence-electron chi connectivity index (χ4n) is 4.88. The van der Waals surface area contributed by atoms with Crippen molar-refractivity contribution in [2.45, 2.75) is 19.4 Å². The molecule has 0 bridgehead atoms. The van der Waals surface area contributed by atoms with Crippen LogP contribution in [0.25, 0.3) is 27.3 Å². The third-order valence-corrected chi connectivity index (χ3v) is 7.84. The van der Waals surface area contributed by atoms with Crippen LogP contribution < -0.4 is 10.2 Å². The highest BCUT2D eigenvalue weighted by Gasteiger charge is 2.24. The molecule has 1 fully saturated rings. The number of aryl methyl sites for hydroxylation is 1. The predicted octanol–water partition coefficient (Wildman–Crippen LogP) is 5.36. The molecular weight excluding hydrogens is 527 g/mol. The second-order valence-electron chi connectivity index (χ2n) is 9.85. The topological polar surface area (TPSA) is 79.2 Å². The minimum absolute atomic E-state index is 0. The molecule has 8 nitrogen and oxygen atoms in total. The summed E-state index contributed by atoms with van der Waals surface area (Å²) < 4.78 is 2.82. The quantitative estimate of drug-likeness (QED) is 0.303. The molecule has 1 N–H and O–H groups in total. The Bertz CT molecular complexity index is 1610. The van der Waals surface area contributed by atoms with Gasteiger partial charge in [-0.1, -0.05) is 12.1 Å². The van der Waals surface area contributed by atoms with Gasteiger partial charge >= 0.3 is 0 Å². The molecule has 6 rings (SSSR count). The van der Waals surface area contributed by atoms with Crippen molar-refractivity contribution in [3.63, 3.8) is 0 Å². The Kier molecular flexibility index (Phi) is 7.69. The van der Waals surface area contributed by atoms with Crippen LogP contribution in [0.2, 0.25) is 0 Å². The van der Waals surface area contributed by atoms with Crippen molar-refractivity contribution < 1.29 is 4.79 Å². The third kappa shape index (κ3) is 5.54. The third-order valence-electron chi connectivity index (χ3n) is 7.04. The van der Waals surface area contributed by atoms with Crippen LogP contribution in [-0.4, -0.2) is 63.8 Å². The monoisotopic (exact) mass is 557 g/mol. The van der Waals surface area contributed by atoms with E-state index in [9.17, 15) is 4.79 Å². The molecule has 4 heterocycles. The summed E-state index contributed by atoms with van der Waals surface area (Å²) in [5, 5.41) is 7.70. The molecule has 1 saturated heterocycles. The summed E-state index contributed by atoms with van der Waals surface area (Å²) in [4.78, 5) is 27.0. The minimum atomic E-state index is -0.266. The zero-order valence-corrected chi connectivity index (χ0v) is 23.9. The van der Waals surface area contributed by atoms with Gasteiger partial charge in [-0.2, -0.15) is 18.6 Å². The van der Waals surface area contributed by atoms with Gasteiger partial charge in [0, 0.05) is 41.8 Å². The van der Waals surface area contributed by atoms with Crippen molar-refractivity contribution in [3.05, 3.63) is 83.6 Å². The molecule has 5 aromatic rings. The van der Waals surface area contributed by atoms with Gasteiger partial charge in [0.1, 0.15) is 0 Å². The highest BCUT2D eigenvalue weighted by atomic mass is 32.1. The Morgan fingerprint density at radius 1 is 1.08 bits per heavy atom. The largest absolute Gasteiger partial charge is 0.370 e. The molecule has 0 saturated carbocycles. The molecule has 2 aromatic carbocycles. The fourth-order valence-corrected chi connectivity index (χ4v) is 5.60. The van der Waals surface area contributed by atoms with Crippen LogP contribution in [0, 0.1) is 6.92 Å². The Hall–Kier alpha value is -3.73. The van der Waals surface area contributed by atoms with Crippen molar-refractivity contribution in [1.29, 1.82) is 0 Å². The van der Waals surface area contributed by atoms with E-state index in [-0.39, 0.29) is 19.4 Å². The molecule has 0 spiro atoms. The van der Waals surface area contributed by atoms with E-state index >= 15 is 0 Å². The zero-order valence-electron chi connectivity index (χ0n) is 22.1. The van der Waals surface area contributed by atoms with E-state index in [1.54, 1.807) is 16.0 Å². The molecule has 1 atom stereocenters. The summed E-state index contributed by atoms with van der Waals surface area (Å²) in [5.41, 5.74) is 7.63. The summed E-state index contributed by atoms with van der Waals surface area (Å²) >= 11 is 1.59. The molecule has 0 radical (unpaired) electrons. The van der Waals surface area contributed by atoms with E-state index in [2.05, 4.69) is 62.5 Å². The van der Waals surface area contributed by atoms with Gasteiger partial charge in [-0.15, -0.1) is 11.3 Å². The number of carbonyl (C=O) groups excluding carboxylic acids is 1. The number of nitrogens with one attached hydrogen (secondary N) is 1. The van der Waals surface area contributed by atoms with E-state index in [4.69, 9.17) is 0 Å². The van der Waals surface area contributed by atoms with Gasteiger partial charge in [0.25, 0.3) is 5.91 Å². The van der Waals surface area contributed by atoms with Gasteiger partial charge in [0.15, 0.2) is 11.5 Å². The lowest BCUT2D eigenvalue weighted by Gasteiger charge is -2.22. The number of anilines is 2. The molecule has 1 amide bonds. The van der Waals surface area contributed by atoms with E-state index in [1.807, 2.05) is 61.0 Å². The van der Waals surface area contributed by atoms with Gasteiger partial charge < -0.3 is 15.1 Å². The van der Waals surface area contributed by atoms with Crippen LogP contribution in [0.15, 0.2) is 72.2 Å². The average Bonchev–Trinajstić information content (AvgIpc) is 3.68.